The Kier molecular flexibility index (Phi) is 7.13. The molecule has 0 rings (SSSR count). The summed E-state index contributed by atoms with van der Waals surface area (Å²) in [6.45, 7) is 15.1. The van der Waals surface area contributed by atoms with Crippen LogP contribution < -0.4 is 5.32 Å². The third-order valence-electron chi connectivity index (χ3n) is 3.23. The fourth-order valence-corrected chi connectivity index (χ4v) is 1.80. The molecule has 0 aliphatic heterocycles. The number of nitrogens with one attached hydrogen (secondary N) is 1. The van der Waals surface area contributed by atoms with E-state index in [0.717, 1.165) is 5.57 Å². The fraction of sp³-hybridized carbons (Fsp3) is 0.765. The molecule has 1 N–H and O–H groups in total. The van der Waals surface area contributed by atoms with Crippen molar-refractivity contribution in [3.05, 3.63) is 11.6 Å². The Morgan fingerprint density at radius 3 is 1.95 bits per heavy atom. The number of carbonyl (C=O) groups is 2. The van der Waals surface area contributed by atoms with Crippen LogP contribution >= 0.6 is 0 Å². The standard InChI is InChI=1S/C17H31NO4/c1-11(10-13(14(19)21-9)16(3,4)5)12(2)18-15(20)22-17(6,7)8/h10,12-13H,1-9H3,(H,18,20)/b11-10+/t12-,13+/m0/s1. The first-order valence-corrected chi connectivity index (χ1v) is 7.53. The molecule has 0 aromatic heterocycles. The van der Waals surface area contributed by atoms with Gasteiger partial charge in [0.15, 0.2) is 0 Å². The molecule has 0 saturated heterocycles. The van der Waals surface area contributed by atoms with Gasteiger partial charge < -0.3 is 14.8 Å². The predicted octanol–water partition coefficient (Wildman–Crippen LogP) is 3.68. The molecule has 0 bridgehead atoms. The zero-order chi connectivity index (χ0) is 17.7. The van der Waals surface area contributed by atoms with Gasteiger partial charge in [0, 0.05) is 0 Å². The van der Waals surface area contributed by atoms with Crippen molar-refractivity contribution in [1.29, 1.82) is 0 Å². The Hall–Kier alpha value is -1.52. The molecule has 0 heterocycles. The topological polar surface area (TPSA) is 64.6 Å². The molecule has 0 aliphatic rings. The van der Waals surface area contributed by atoms with Gasteiger partial charge in [-0.05, 0) is 40.0 Å². The normalized spacial score (nSPS) is 15.8. The average Bonchev–Trinajstić information content (AvgIpc) is 2.30. The van der Waals surface area contributed by atoms with Crippen molar-refractivity contribution in [2.45, 2.75) is 67.0 Å². The highest BCUT2D eigenvalue weighted by atomic mass is 16.6. The second-order valence-corrected chi connectivity index (χ2v) is 7.65. The van der Waals surface area contributed by atoms with Crippen LogP contribution in [0.25, 0.3) is 0 Å². The predicted molar refractivity (Wildman–Crippen MR) is 87.5 cm³/mol. The van der Waals surface area contributed by atoms with E-state index in [-0.39, 0.29) is 23.3 Å². The molecule has 0 radical (unpaired) electrons. The lowest BCUT2D eigenvalue weighted by Gasteiger charge is -2.27. The summed E-state index contributed by atoms with van der Waals surface area (Å²) in [5.41, 5.74) is 0.0812. The van der Waals surface area contributed by atoms with Crippen LogP contribution in [0.3, 0.4) is 0 Å². The minimum atomic E-state index is -0.540. The summed E-state index contributed by atoms with van der Waals surface area (Å²) >= 11 is 0. The summed E-state index contributed by atoms with van der Waals surface area (Å²) < 4.78 is 10.1. The van der Waals surface area contributed by atoms with Crippen LogP contribution in [-0.2, 0) is 14.3 Å². The van der Waals surface area contributed by atoms with Crippen molar-refractivity contribution in [2.24, 2.45) is 11.3 Å². The summed E-state index contributed by atoms with van der Waals surface area (Å²) in [6.07, 6.45) is 1.38. The van der Waals surface area contributed by atoms with Crippen LogP contribution in [0.4, 0.5) is 4.79 Å². The number of rotatable bonds is 4. The van der Waals surface area contributed by atoms with Crippen LogP contribution in [0.5, 0.6) is 0 Å². The van der Waals surface area contributed by atoms with Crippen LogP contribution in [0.1, 0.15) is 55.4 Å². The maximum Gasteiger partial charge on any atom is 0.408 e. The van der Waals surface area contributed by atoms with Gasteiger partial charge in [0.25, 0.3) is 0 Å². The van der Waals surface area contributed by atoms with E-state index in [0.29, 0.717) is 0 Å². The first-order chi connectivity index (χ1) is 9.77. The minimum absolute atomic E-state index is 0.232. The molecule has 5 heteroatoms. The van der Waals surface area contributed by atoms with Crippen LogP contribution in [0.2, 0.25) is 0 Å². The lowest BCUT2D eigenvalue weighted by molar-refractivity contribution is -0.146. The maximum absolute atomic E-state index is 11.9. The number of amides is 1. The zero-order valence-electron chi connectivity index (χ0n) is 15.4. The molecular weight excluding hydrogens is 282 g/mol. The quantitative estimate of drug-likeness (QED) is 0.635. The molecule has 1 amide bonds. The summed E-state index contributed by atoms with van der Waals surface area (Å²) in [6, 6.07) is -0.232. The van der Waals surface area contributed by atoms with Crippen molar-refractivity contribution < 1.29 is 19.1 Å². The fourth-order valence-electron chi connectivity index (χ4n) is 1.80. The molecule has 5 nitrogen and oxygen atoms in total. The number of hydrogen-bond donors (Lipinski definition) is 1. The number of ether oxygens (including phenoxy) is 2. The second kappa shape index (κ2) is 7.65. The van der Waals surface area contributed by atoms with Crippen LogP contribution in [-0.4, -0.2) is 30.8 Å². The molecule has 0 spiro atoms. The van der Waals surface area contributed by atoms with E-state index < -0.39 is 11.7 Å². The first kappa shape index (κ1) is 20.5. The number of hydrogen-bond acceptors (Lipinski definition) is 4. The highest BCUT2D eigenvalue weighted by Crippen LogP contribution is 2.29. The Balaban J connectivity index is 5.01. The highest BCUT2D eigenvalue weighted by molar-refractivity contribution is 5.75. The summed E-state index contributed by atoms with van der Waals surface area (Å²) in [5, 5.41) is 2.77. The lowest BCUT2D eigenvalue weighted by Crippen LogP contribution is -2.38. The second-order valence-electron chi connectivity index (χ2n) is 7.65. The largest absolute Gasteiger partial charge is 0.469 e. The molecule has 0 saturated carbocycles. The van der Waals surface area contributed by atoms with Gasteiger partial charge >= 0.3 is 12.1 Å². The average molecular weight is 313 g/mol. The van der Waals surface area contributed by atoms with Gasteiger partial charge in [-0.25, -0.2) is 4.79 Å². The Labute approximate surface area is 134 Å². The summed E-state index contributed by atoms with van der Waals surface area (Å²) in [4.78, 5) is 23.7. The van der Waals surface area contributed by atoms with E-state index in [2.05, 4.69) is 5.32 Å². The molecule has 2 atom stereocenters. The van der Waals surface area contributed by atoms with Crippen molar-refractivity contribution >= 4 is 12.1 Å². The number of esters is 1. The van der Waals surface area contributed by atoms with Crippen LogP contribution in [0.15, 0.2) is 11.6 Å². The van der Waals surface area contributed by atoms with Gasteiger partial charge in [-0.3, -0.25) is 4.79 Å². The Morgan fingerprint density at radius 1 is 1.09 bits per heavy atom. The van der Waals surface area contributed by atoms with E-state index in [1.54, 1.807) is 0 Å². The smallest absolute Gasteiger partial charge is 0.408 e. The Morgan fingerprint density at radius 2 is 1.59 bits per heavy atom. The van der Waals surface area contributed by atoms with Crippen molar-refractivity contribution in [1.82, 2.24) is 5.32 Å². The third-order valence-corrected chi connectivity index (χ3v) is 3.23. The molecule has 0 fully saturated rings. The SMILES string of the molecule is COC(=O)[C@@H](/C=C(\C)[C@H](C)NC(=O)OC(C)(C)C)C(C)(C)C. The van der Waals surface area contributed by atoms with Crippen molar-refractivity contribution in [3.8, 4) is 0 Å². The van der Waals surface area contributed by atoms with Gasteiger partial charge in [0.2, 0.25) is 0 Å². The van der Waals surface area contributed by atoms with E-state index in [1.165, 1.54) is 7.11 Å². The highest BCUT2D eigenvalue weighted by Gasteiger charge is 2.31. The first-order valence-electron chi connectivity index (χ1n) is 7.53. The number of carbonyl (C=O) groups excluding carboxylic acids is 2. The van der Waals surface area contributed by atoms with Gasteiger partial charge in [-0.2, -0.15) is 0 Å². The molecule has 0 aliphatic carbocycles. The molecule has 22 heavy (non-hydrogen) atoms. The van der Waals surface area contributed by atoms with Crippen molar-refractivity contribution in [3.63, 3.8) is 0 Å². The van der Waals surface area contributed by atoms with Crippen molar-refractivity contribution in [2.75, 3.05) is 7.11 Å². The zero-order valence-corrected chi connectivity index (χ0v) is 15.4. The van der Waals surface area contributed by atoms with Gasteiger partial charge in [-0.1, -0.05) is 32.4 Å². The monoisotopic (exact) mass is 313 g/mol. The third kappa shape index (κ3) is 7.48. The summed E-state index contributed by atoms with van der Waals surface area (Å²) in [7, 11) is 1.38. The molecule has 0 aromatic carbocycles. The molecule has 128 valence electrons. The van der Waals surface area contributed by atoms with Crippen LogP contribution in [0, 0.1) is 11.3 Å². The van der Waals surface area contributed by atoms with E-state index in [1.807, 2.05) is 61.5 Å². The molecular formula is C17H31NO4. The Bertz CT molecular complexity index is 427. The maximum atomic E-state index is 11.9. The summed E-state index contributed by atoms with van der Waals surface area (Å²) in [5.74, 6) is -0.656. The lowest BCUT2D eigenvalue weighted by atomic mass is 9.79. The molecule has 0 aromatic rings. The number of alkyl carbamates (subject to hydrolysis) is 1. The van der Waals surface area contributed by atoms with E-state index in [4.69, 9.17) is 9.47 Å². The minimum Gasteiger partial charge on any atom is -0.469 e. The van der Waals surface area contributed by atoms with E-state index in [9.17, 15) is 9.59 Å². The van der Waals surface area contributed by atoms with Gasteiger partial charge in [0.1, 0.15) is 5.60 Å². The van der Waals surface area contributed by atoms with E-state index >= 15 is 0 Å². The molecule has 0 unspecified atom stereocenters. The number of methoxy groups -OCH3 is 1. The van der Waals surface area contributed by atoms with Gasteiger partial charge in [-0.15, -0.1) is 0 Å². The van der Waals surface area contributed by atoms with Gasteiger partial charge in [0.05, 0.1) is 19.1 Å².